The van der Waals surface area contributed by atoms with Gasteiger partial charge < -0.3 is 10.5 Å². The lowest BCUT2D eigenvalue weighted by molar-refractivity contribution is 0.129. The van der Waals surface area contributed by atoms with E-state index in [-0.39, 0.29) is 11.9 Å². The van der Waals surface area contributed by atoms with Crippen molar-refractivity contribution in [3.8, 4) is 0 Å². The fourth-order valence-electron chi connectivity index (χ4n) is 2.11. The minimum Gasteiger partial charge on any atom is -0.377 e. The van der Waals surface area contributed by atoms with E-state index in [1.165, 1.54) is 0 Å². The molecule has 1 aliphatic heterocycles. The normalized spacial score (nSPS) is 21.2. The number of aryl methyl sites for hydroxylation is 1. The molecule has 18 heavy (non-hydrogen) atoms. The number of rotatable bonds is 4. The smallest absolute Gasteiger partial charge is 0.126 e. The lowest BCUT2D eigenvalue weighted by Gasteiger charge is -2.15. The molecule has 0 bridgehead atoms. The molecule has 1 aromatic carbocycles. The van der Waals surface area contributed by atoms with Crippen LogP contribution in [0.4, 0.5) is 4.39 Å². The van der Waals surface area contributed by atoms with Gasteiger partial charge in [0.2, 0.25) is 0 Å². The van der Waals surface area contributed by atoms with Gasteiger partial charge in [-0.15, -0.1) is 11.8 Å². The van der Waals surface area contributed by atoms with Crippen LogP contribution >= 0.6 is 11.8 Å². The topological polar surface area (TPSA) is 35.2 Å². The van der Waals surface area contributed by atoms with Crippen LogP contribution in [0.2, 0.25) is 0 Å². The first-order valence-corrected chi connectivity index (χ1v) is 7.36. The second-order valence-corrected chi connectivity index (χ2v) is 5.94. The third kappa shape index (κ3) is 3.25. The van der Waals surface area contributed by atoms with Crippen molar-refractivity contribution in [3.63, 3.8) is 0 Å². The van der Waals surface area contributed by atoms with Crippen LogP contribution in [0.5, 0.6) is 0 Å². The van der Waals surface area contributed by atoms with Gasteiger partial charge in [0.1, 0.15) is 5.82 Å². The standard InChI is InChI=1S/C14H20FNOS/c1-9-6-14(12(10(2)16)7-13(9)15)18-8-11-4-3-5-17-11/h6-7,10-11H,3-5,8,16H2,1-2H3/t10-,11?/m0/s1. The van der Waals surface area contributed by atoms with E-state index < -0.39 is 0 Å². The predicted octanol–water partition coefficient (Wildman–Crippen LogP) is 3.42. The first-order chi connectivity index (χ1) is 8.58. The molecule has 0 aromatic heterocycles. The van der Waals surface area contributed by atoms with Crippen molar-refractivity contribution in [1.29, 1.82) is 0 Å². The van der Waals surface area contributed by atoms with Crippen molar-refractivity contribution >= 4 is 11.8 Å². The number of hydrogen-bond acceptors (Lipinski definition) is 3. The van der Waals surface area contributed by atoms with E-state index in [9.17, 15) is 4.39 Å². The SMILES string of the molecule is Cc1cc(SCC2CCCO2)c([C@H](C)N)cc1F. The van der Waals surface area contributed by atoms with E-state index in [0.717, 1.165) is 35.7 Å². The zero-order chi connectivity index (χ0) is 13.1. The number of thioether (sulfide) groups is 1. The molecular formula is C14H20FNOS. The molecule has 2 nitrogen and oxygen atoms in total. The van der Waals surface area contributed by atoms with Crippen LogP contribution in [0.1, 0.15) is 36.9 Å². The summed E-state index contributed by atoms with van der Waals surface area (Å²) < 4.78 is 19.2. The largest absolute Gasteiger partial charge is 0.377 e. The van der Waals surface area contributed by atoms with Crippen LogP contribution < -0.4 is 5.73 Å². The molecule has 2 rings (SSSR count). The Kier molecular flexibility index (Phi) is 4.65. The minimum absolute atomic E-state index is 0.146. The van der Waals surface area contributed by atoms with E-state index in [4.69, 9.17) is 10.5 Å². The third-order valence-electron chi connectivity index (χ3n) is 3.23. The summed E-state index contributed by atoms with van der Waals surface area (Å²) in [5.74, 6) is 0.744. The maximum Gasteiger partial charge on any atom is 0.126 e. The second kappa shape index (κ2) is 6.04. The fraction of sp³-hybridized carbons (Fsp3) is 0.571. The Morgan fingerprint density at radius 2 is 2.33 bits per heavy atom. The zero-order valence-corrected chi connectivity index (χ0v) is 11.7. The van der Waals surface area contributed by atoms with Gasteiger partial charge in [-0.25, -0.2) is 4.39 Å². The van der Waals surface area contributed by atoms with E-state index in [0.29, 0.717) is 11.7 Å². The van der Waals surface area contributed by atoms with Crippen LogP contribution in [0.25, 0.3) is 0 Å². The summed E-state index contributed by atoms with van der Waals surface area (Å²) in [5, 5.41) is 0. The zero-order valence-electron chi connectivity index (χ0n) is 10.9. The average Bonchev–Trinajstić information content (AvgIpc) is 2.83. The van der Waals surface area contributed by atoms with Gasteiger partial charge in [-0.3, -0.25) is 0 Å². The van der Waals surface area contributed by atoms with Gasteiger partial charge in [0.15, 0.2) is 0 Å². The quantitative estimate of drug-likeness (QED) is 0.851. The molecule has 1 aromatic rings. The lowest BCUT2D eigenvalue weighted by atomic mass is 10.1. The molecule has 1 unspecified atom stereocenters. The minimum atomic E-state index is -0.177. The summed E-state index contributed by atoms with van der Waals surface area (Å²) in [6, 6.07) is 3.32. The van der Waals surface area contributed by atoms with Gasteiger partial charge >= 0.3 is 0 Å². The van der Waals surface area contributed by atoms with Crippen molar-refractivity contribution < 1.29 is 9.13 Å². The number of ether oxygens (including phenoxy) is 1. The molecule has 1 aliphatic rings. The van der Waals surface area contributed by atoms with Crippen LogP contribution in [0.3, 0.4) is 0 Å². The lowest BCUT2D eigenvalue weighted by Crippen LogP contribution is -2.11. The van der Waals surface area contributed by atoms with Gasteiger partial charge in [-0.05, 0) is 49.9 Å². The molecule has 1 fully saturated rings. The van der Waals surface area contributed by atoms with Crippen molar-refractivity contribution in [2.75, 3.05) is 12.4 Å². The van der Waals surface area contributed by atoms with Crippen LogP contribution in [0.15, 0.2) is 17.0 Å². The van der Waals surface area contributed by atoms with E-state index >= 15 is 0 Å². The predicted molar refractivity (Wildman–Crippen MR) is 73.4 cm³/mol. The fourth-order valence-corrected chi connectivity index (χ4v) is 3.41. The number of halogens is 1. The maximum absolute atomic E-state index is 13.6. The van der Waals surface area contributed by atoms with E-state index in [1.807, 2.05) is 13.0 Å². The molecule has 1 heterocycles. The summed E-state index contributed by atoms with van der Waals surface area (Å²) in [6.45, 7) is 4.55. The Morgan fingerprint density at radius 3 is 2.94 bits per heavy atom. The van der Waals surface area contributed by atoms with Crippen molar-refractivity contribution in [2.45, 2.75) is 43.7 Å². The summed E-state index contributed by atoms with van der Waals surface area (Å²) in [4.78, 5) is 1.08. The number of benzene rings is 1. The second-order valence-electron chi connectivity index (χ2n) is 4.87. The van der Waals surface area contributed by atoms with E-state index in [2.05, 4.69) is 0 Å². The highest BCUT2D eigenvalue weighted by atomic mass is 32.2. The number of nitrogens with two attached hydrogens (primary N) is 1. The van der Waals surface area contributed by atoms with E-state index in [1.54, 1.807) is 24.8 Å². The summed E-state index contributed by atoms with van der Waals surface area (Å²) in [6.07, 6.45) is 2.61. The Labute approximate surface area is 112 Å². The molecular weight excluding hydrogens is 249 g/mol. The Hall–Kier alpha value is -0.580. The highest BCUT2D eigenvalue weighted by Gasteiger charge is 2.17. The molecule has 2 N–H and O–H groups in total. The van der Waals surface area contributed by atoms with Gasteiger partial charge in [-0.1, -0.05) is 0 Å². The third-order valence-corrected chi connectivity index (χ3v) is 4.43. The summed E-state index contributed by atoms with van der Waals surface area (Å²) in [7, 11) is 0. The van der Waals surface area contributed by atoms with Gasteiger partial charge in [0.25, 0.3) is 0 Å². The highest BCUT2D eigenvalue weighted by Crippen LogP contribution is 2.31. The maximum atomic E-state index is 13.6. The molecule has 0 radical (unpaired) electrons. The average molecular weight is 269 g/mol. The van der Waals surface area contributed by atoms with Crippen molar-refractivity contribution in [3.05, 3.63) is 29.1 Å². The summed E-state index contributed by atoms with van der Waals surface area (Å²) >= 11 is 1.72. The molecule has 1 saturated heterocycles. The monoisotopic (exact) mass is 269 g/mol. The molecule has 100 valence electrons. The molecule has 0 saturated carbocycles. The van der Waals surface area contributed by atoms with Gasteiger partial charge in [0, 0.05) is 23.3 Å². The molecule has 2 atom stereocenters. The van der Waals surface area contributed by atoms with Crippen molar-refractivity contribution in [2.24, 2.45) is 5.73 Å². The van der Waals surface area contributed by atoms with Crippen molar-refractivity contribution in [1.82, 2.24) is 0 Å². The Bertz CT molecular complexity index is 417. The Morgan fingerprint density at radius 1 is 1.56 bits per heavy atom. The first-order valence-electron chi connectivity index (χ1n) is 6.38. The molecule has 0 spiro atoms. The highest BCUT2D eigenvalue weighted by molar-refractivity contribution is 7.99. The van der Waals surface area contributed by atoms with Crippen LogP contribution in [-0.2, 0) is 4.74 Å². The van der Waals surface area contributed by atoms with Gasteiger partial charge in [-0.2, -0.15) is 0 Å². The van der Waals surface area contributed by atoms with Gasteiger partial charge in [0.05, 0.1) is 6.10 Å². The number of hydrogen-bond donors (Lipinski definition) is 1. The van der Waals surface area contributed by atoms with Crippen LogP contribution in [0, 0.1) is 12.7 Å². The Balaban J connectivity index is 2.12. The molecule has 4 heteroatoms. The van der Waals surface area contributed by atoms with Crippen LogP contribution in [-0.4, -0.2) is 18.5 Å². The summed E-state index contributed by atoms with van der Waals surface area (Å²) in [5.41, 5.74) is 7.47. The first kappa shape index (κ1) is 13.8. The molecule has 0 aliphatic carbocycles. The molecule has 0 amide bonds.